The third-order valence-electron chi connectivity index (χ3n) is 4.20. The van der Waals surface area contributed by atoms with Crippen LogP contribution < -0.4 is 10.1 Å². The smallest absolute Gasteiger partial charge is 0.422 e. The van der Waals surface area contributed by atoms with Gasteiger partial charge in [-0.1, -0.05) is 12.8 Å². The molecule has 10 heteroatoms. The van der Waals surface area contributed by atoms with Crippen molar-refractivity contribution >= 4 is 21.4 Å². The Morgan fingerprint density at radius 1 is 1.30 bits per heavy atom. The fourth-order valence-electron chi connectivity index (χ4n) is 2.85. The SMILES string of the molecule is N#Cc1cc(NC(=O)CCS(=O)(=O)C2CCCC2)ccc1OCC(F)(F)F. The van der Waals surface area contributed by atoms with Crippen molar-refractivity contribution in [3.63, 3.8) is 0 Å². The molecule has 1 saturated carbocycles. The average molecular weight is 404 g/mol. The van der Waals surface area contributed by atoms with Gasteiger partial charge in [0, 0.05) is 12.1 Å². The van der Waals surface area contributed by atoms with E-state index in [1.807, 2.05) is 0 Å². The molecular weight excluding hydrogens is 385 g/mol. The van der Waals surface area contributed by atoms with Crippen molar-refractivity contribution in [3.8, 4) is 11.8 Å². The number of anilines is 1. The van der Waals surface area contributed by atoms with Gasteiger partial charge in [0.2, 0.25) is 5.91 Å². The van der Waals surface area contributed by atoms with Crippen LogP contribution >= 0.6 is 0 Å². The van der Waals surface area contributed by atoms with Crippen LogP contribution in [0, 0.1) is 11.3 Å². The van der Waals surface area contributed by atoms with E-state index in [0.717, 1.165) is 18.9 Å². The van der Waals surface area contributed by atoms with E-state index in [-0.39, 0.29) is 34.4 Å². The highest BCUT2D eigenvalue weighted by atomic mass is 32.2. The number of rotatable bonds is 7. The molecule has 1 aromatic carbocycles. The molecule has 1 amide bonds. The lowest BCUT2D eigenvalue weighted by atomic mass is 10.2. The van der Waals surface area contributed by atoms with E-state index in [9.17, 15) is 26.4 Å². The Balaban J connectivity index is 1.94. The summed E-state index contributed by atoms with van der Waals surface area (Å²) >= 11 is 0. The highest BCUT2D eigenvalue weighted by Gasteiger charge is 2.30. The third kappa shape index (κ3) is 6.43. The number of nitriles is 1. The van der Waals surface area contributed by atoms with Crippen LogP contribution in [-0.4, -0.2) is 38.1 Å². The third-order valence-corrected chi connectivity index (χ3v) is 6.46. The Kier molecular flexibility index (Phi) is 6.70. The van der Waals surface area contributed by atoms with Crippen LogP contribution in [-0.2, 0) is 14.6 Å². The molecule has 148 valence electrons. The summed E-state index contributed by atoms with van der Waals surface area (Å²) in [6, 6.07) is 5.31. The van der Waals surface area contributed by atoms with Gasteiger partial charge in [-0.25, -0.2) is 8.42 Å². The summed E-state index contributed by atoms with van der Waals surface area (Å²) < 4.78 is 65.5. The van der Waals surface area contributed by atoms with Crippen molar-refractivity contribution in [2.24, 2.45) is 0 Å². The number of hydrogen-bond donors (Lipinski definition) is 1. The molecule has 1 aliphatic rings. The zero-order valence-electron chi connectivity index (χ0n) is 14.4. The zero-order valence-corrected chi connectivity index (χ0v) is 15.2. The summed E-state index contributed by atoms with van der Waals surface area (Å²) in [6.07, 6.45) is -1.78. The summed E-state index contributed by atoms with van der Waals surface area (Å²) in [5.41, 5.74) is 0.00444. The van der Waals surface area contributed by atoms with Crippen molar-refractivity contribution in [1.29, 1.82) is 5.26 Å². The lowest BCUT2D eigenvalue weighted by Gasteiger charge is -2.13. The molecule has 1 N–H and O–H groups in total. The number of alkyl halides is 3. The molecule has 0 spiro atoms. The summed E-state index contributed by atoms with van der Waals surface area (Å²) in [7, 11) is -3.33. The number of ether oxygens (including phenoxy) is 1. The highest BCUT2D eigenvalue weighted by molar-refractivity contribution is 7.92. The van der Waals surface area contributed by atoms with Crippen molar-refractivity contribution in [1.82, 2.24) is 0 Å². The normalized spacial score (nSPS) is 15.3. The number of carbonyl (C=O) groups excluding carboxylic acids is 1. The molecule has 2 rings (SSSR count). The van der Waals surface area contributed by atoms with E-state index in [1.54, 1.807) is 6.07 Å². The first kappa shape index (κ1) is 21.0. The van der Waals surface area contributed by atoms with Gasteiger partial charge in [0.25, 0.3) is 0 Å². The van der Waals surface area contributed by atoms with Gasteiger partial charge in [0.1, 0.15) is 11.8 Å². The zero-order chi connectivity index (χ0) is 20.1. The summed E-state index contributed by atoms with van der Waals surface area (Å²) in [6.45, 7) is -1.54. The maximum Gasteiger partial charge on any atom is 0.422 e. The van der Waals surface area contributed by atoms with Gasteiger partial charge in [-0.05, 0) is 31.0 Å². The average Bonchev–Trinajstić information content (AvgIpc) is 3.13. The first-order chi connectivity index (χ1) is 12.6. The number of nitrogens with zero attached hydrogens (tertiary/aromatic N) is 1. The van der Waals surface area contributed by atoms with Crippen molar-refractivity contribution in [2.75, 3.05) is 17.7 Å². The van der Waals surface area contributed by atoms with Crippen molar-refractivity contribution in [2.45, 2.75) is 43.5 Å². The van der Waals surface area contributed by atoms with Gasteiger partial charge in [-0.15, -0.1) is 0 Å². The highest BCUT2D eigenvalue weighted by Crippen LogP contribution is 2.26. The van der Waals surface area contributed by atoms with Crippen LogP contribution in [0.3, 0.4) is 0 Å². The van der Waals surface area contributed by atoms with E-state index in [0.29, 0.717) is 12.8 Å². The maximum absolute atomic E-state index is 12.2. The molecule has 27 heavy (non-hydrogen) atoms. The number of amides is 1. The first-order valence-electron chi connectivity index (χ1n) is 8.36. The molecule has 0 unspecified atom stereocenters. The molecule has 1 aliphatic carbocycles. The monoisotopic (exact) mass is 404 g/mol. The van der Waals surface area contributed by atoms with Crippen molar-refractivity contribution < 1.29 is 31.1 Å². The van der Waals surface area contributed by atoms with E-state index in [2.05, 4.69) is 10.1 Å². The standard InChI is InChI=1S/C17H19F3N2O4S/c18-17(19,20)11-26-15-6-5-13(9-12(15)10-21)22-16(23)7-8-27(24,25)14-3-1-2-4-14/h5-6,9,14H,1-4,7-8,11H2,(H,22,23). The molecule has 1 fully saturated rings. The second-order valence-corrected chi connectivity index (χ2v) is 8.70. The fraction of sp³-hybridized carbons (Fsp3) is 0.529. The topological polar surface area (TPSA) is 96.3 Å². The lowest BCUT2D eigenvalue weighted by molar-refractivity contribution is -0.153. The number of benzene rings is 1. The van der Waals surface area contributed by atoms with Crippen molar-refractivity contribution in [3.05, 3.63) is 23.8 Å². The molecule has 0 radical (unpaired) electrons. The van der Waals surface area contributed by atoms with Crippen LogP contribution in [0.1, 0.15) is 37.7 Å². The minimum atomic E-state index is -4.54. The molecule has 1 aromatic rings. The Bertz CT molecular complexity index is 826. The predicted molar refractivity (Wildman–Crippen MR) is 92.0 cm³/mol. The summed E-state index contributed by atoms with van der Waals surface area (Å²) in [5, 5.41) is 11.1. The molecule has 0 atom stereocenters. The van der Waals surface area contributed by atoms with Gasteiger partial charge >= 0.3 is 6.18 Å². The predicted octanol–water partition coefficient (Wildman–Crippen LogP) is 3.19. The summed E-state index contributed by atoms with van der Waals surface area (Å²) in [4.78, 5) is 12.0. The van der Waals surface area contributed by atoms with Crippen LogP contribution in [0.2, 0.25) is 0 Å². The Labute approximate surface area is 155 Å². The van der Waals surface area contributed by atoms with Gasteiger partial charge < -0.3 is 10.1 Å². The van der Waals surface area contributed by atoms with Crippen LogP contribution in [0.25, 0.3) is 0 Å². The molecule has 0 aromatic heterocycles. The quantitative estimate of drug-likeness (QED) is 0.753. The Hall–Kier alpha value is -2.28. The number of sulfone groups is 1. The second kappa shape index (κ2) is 8.61. The van der Waals surface area contributed by atoms with E-state index in [1.165, 1.54) is 12.1 Å². The van der Waals surface area contributed by atoms with Crippen LogP contribution in [0.15, 0.2) is 18.2 Å². The summed E-state index contributed by atoms with van der Waals surface area (Å²) in [5.74, 6) is -1.07. The van der Waals surface area contributed by atoms with Gasteiger partial charge in [0.15, 0.2) is 16.4 Å². The molecular formula is C17H19F3N2O4S. The number of nitrogens with one attached hydrogen (secondary N) is 1. The first-order valence-corrected chi connectivity index (χ1v) is 10.1. The second-order valence-electron chi connectivity index (χ2n) is 6.30. The minimum absolute atomic E-state index is 0.171. The van der Waals surface area contributed by atoms with E-state index >= 15 is 0 Å². The van der Waals surface area contributed by atoms with Gasteiger partial charge in [0.05, 0.1) is 16.6 Å². The molecule has 6 nitrogen and oxygen atoms in total. The minimum Gasteiger partial charge on any atom is -0.483 e. The molecule has 0 aliphatic heterocycles. The maximum atomic E-state index is 12.2. The van der Waals surface area contributed by atoms with Crippen LogP contribution in [0.4, 0.5) is 18.9 Å². The van der Waals surface area contributed by atoms with Crippen LogP contribution in [0.5, 0.6) is 5.75 Å². The Morgan fingerprint density at radius 2 is 1.96 bits per heavy atom. The lowest BCUT2D eigenvalue weighted by Crippen LogP contribution is -2.24. The van der Waals surface area contributed by atoms with Gasteiger partial charge in [-0.3, -0.25) is 4.79 Å². The number of carbonyl (C=O) groups is 1. The Morgan fingerprint density at radius 3 is 2.56 bits per heavy atom. The molecule has 0 heterocycles. The largest absolute Gasteiger partial charge is 0.483 e. The fourth-order valence-corrected chi connectivity index (χ4v) is 4.71. The molecule has 0 saturated heterocycles. The van der Waals surface area contributed by atoms with E-state index < -0.39 is 28.5 Å². The van der Waals surface area contributed by atoms with E-state index in [4.69, 9.17) is 5.26 Å². The molecule has 0 bridgehead atoms. The number of halogens is 3. The number of hydrogen-bond acceptors (Lipinski definition) is 5. The van der Waals surface area contributed by atoms with Gasteiger partial charge in [-0.2, -0.15) is 18.4 Å².